The lowest BCUT2D eigenvalue weighted by molar-refractivity contribution is -0.137. The molecule has 2 N–H and O–H groups in total. The summed E-state index contributed by atoms with van der Waals surface area (Å²) in [5, 5.41) is 4.57. The molecular weight excluding hydrogens is 453 g/mol. The largest absolute Gasteiger partial charge is 0.417 e. The fourth-order valence-corrected chi connectivity index (χ4v) is 2.73. The van der Waals surface area contributed by atoms with Crippen LogP contribution in [0.1, 0.15) is 26.3 Å². The van der Waals surface area contributed by atoms with Gasteiger partial charge in [0.15, 0.2) is 5.11 Å². The van der Waals surface area contributed by atoms with E-state index < -0.39 is 28.0 Å². The molecule has 156 valence electrons. The number of nitrogens with one attached hydrogen (secondary N) is 2. The Morgan fingerprint density at radius 3 is 2.24 bits per heavy atom. The topological polar surface area (TPSA) is 54.0 Å². The summed E-state index contributed by atoms with van der Waals surface area (Å²) < 4.78 is 52.7. The lowest BCUT2D eigenvalue weighted by Crippen LogP contribution is -2.41. The zero-order chi connectivity index (χ0) is 22.1. The third kappa shape index (κ3) is 5.77. The van der Waals surface area contributed by atoms with E-state index in [9.17, 15) is 22.4 Å². The monoisotopic (exact) mass is 467 g/mol. The number of amides is 1. The molecule has 0 unspecified atom stereocenters. The average molecular weight is 468 g/mol. The number of aromatic nitrogens is 1. The number of anilines is 1. The highest BCUT2D eigenvalue weighted by atomic mass is 35.5. The molecule has 0 saturated heterocycles. The molecule has 11 heteroatoms. The van der Waals surface area contributed by atoms with E-state index in [0.29, 0.717) is 12.3 Å². The fraction of sp³-hybridized carbons (Fsp3) is 0.278. The van der Waals surface area contributed by atoms with Crippen LogP contribution in [-0.2, 0) is 11.0 Å². The fourth-order valence-electron chi connectivity index (χ4n) is 2.06. The van der Waals surface area contributed by atoms with E-state index >= 15 is 0 Å². The molecule has 0 aliphatic rings. The Kier molecular flexibility index (Phi) is 6.76. The minimum absolute atomic E-state index is 0.0679. The van der Waals surface area contributed by atoms with E-state index in [-0.39, 0.29) is 33.0 Å². The van der Waals surface area contributed by atoms with Crippen LogP contribution in [-0.4, -0.2) is 16.0 Å². The molecule has 0 atom stereocenters. The number of carbonyl (C=O) groups excluding carboxylic acids is 1. The first kappa shape index (κ1) is 23.3. The van der Waals surface area contributed by atoms with Gasteiger partial charge in [0.05, 0.1) is 27.0 Å². The molecule has 0 saturated carbocycles. The van der Waals surface area contributed by atoms with Gasteiger partial charge in [0.1, 0.15) is 5.82 Å². The predicted octanol–water partition coefficient (Wildman–Crippen LogP) is 6.07. The molecule has 2 aromatic rings. The van der Waals surface area contributed by atoms with E-state index in [1.54, 1.807) is 20.8 Å². The summed E-state index contributed by atoms with van der Waals surface area (Å²) in [7, 11) is 0. The van der Waals surface area contributed by atoms with Crippen molar-refractivity contribution in [2.24, 2.45) is 5.41 Å². The molecule has 2 rings (SSSR count). The first-order valence-corrected chi connectivity index (χ1v) is 9.21. The lowest BCUT2D eigenvalue weighted by Gasteiger charge is -2.19. The Morgan fingerprint density at radius 1 is 1.10 bits per heavy atom. The third-order valence-electron chi connectivity index (χ3n) is 3.64. The molecule has 1 aromatic heterocycles. The van der Waals surface area contributed by atoms with Crippen LogP contribution in [0.25, 0.3) is 11.3 Å². The summed E-state index contributed by atoms with van der Waals surface area (Å²) in [6.07, 6.45) is -4.09. The van der Waals surface area contributed by atoms with Crippen LogP contribution in [0.15, 0.2) is 24.4 Å². The quantitative estimate of drug-likeness (QED) is 0.415. The third-order valence-corrected chi connectivity index (χ3v) is 4.44. The highest BCUT2D eigenvalue weighted by Crippen LogP contribution is 2.37. The van der Waals surface area contributed by atoms with Crippen molar-refractivity contribution in [2.45, 2.75) is 26.9 Å². The minimum Gasteiger partial charge on any atom is -0.331 e. The number of nitrogens with zero attached hydrogens (tertiary/aromatic N) is 1. The molecule has 1 heterocycles. The Morgan fingerprint density at radius 2 is 1.72 bits per heavy atom. The summed E-state index contributed by atoms with van der Waals surface area (Å²) in [5.74, 6) is -1.21. The number of carbonyl (C=O) groups is 1. The van der Waals surface area contributed by atoms with E-state index in [4.69, 9.17) is 35.4 Å². The number of pyridine rings is 1. The summed E-state index contributed by atoms with van der Waals surface area (Å²) in [6.45, 7) is 5.06. The highest BCUT2D eigenvalue weighted by molar-refractivity contribution is 7.80. The van der Waals surface area contributed by atoms with Crippen LogP contribution < -0.4 is 10.6 Å². The van der Waals surface area contributed by atoms with Gasteiger partial charge in [0, 0.05) is 17.2 Å². The number of hydrogen-bond donors (Lipinski definition) is 2. The molecule has 0 aliphatic carbocycles. The average Bonchev–Trinajstić information content (AvgIpc) is 2.56. The minimum atomic E-state index is -4.64. The van der Waals surface area contributed by atoms with Crippen molar-refractivity contribution in [3.05, 3.63) is 45.8 Å². The van der Waals surface area contributed by atoms with Crippen molar-refractivity contribution in [3.8, 4) is 11.3 Å². The van der Waals surface area contributed by atoms with Gasteiger partial charge in [-0.15, -0.1) is 0 Å². The highest BCUT2D eigenvalue weighted by Gasteiger charge is 2.32. The Labute approximate surface area is 179 Å². The zero-order valence-corrected chi connectivity index (χ0v) is 17.7. The molecule has 1 aromatic carbocycles. The van der Waals surface area contributed by atoms with Crippen molar-refractivity contribution < 1.29 is 22.4 Å². The lowest BCUT2D eigenvalue weighted by atomic mass is 9.96. The summed E-state index contributed by atoms with van der Waals surface area (Å²) in [4.78, 5) is 15.6. The second-order valence-corrected chi connectivity index (χ2v) is 8.24. The van der Waals surface area contributed by atoms with Crippen molar-refractivity contribution in [1.82, 2.24) is 10.3 Å². The molecule has 0 bridgehead atoms. The van der Waals surface area contributed by atoms with Gasteiger partial charge in [-0.1, -0.05) is 44.0 Å². The Hall–Kier alpha value is -1.97. The van der Waals surface area contributed by atoms with E-state index in [1.165, 1.54) is 6.07 Å². The maximum atomic E-state index is 14.4. The molecule has 0 radical (unpaired) electrons. The van der Waals surface area contributed by atoms with Crippen molar-refractivity contribution >= 4 is 52.1 Å². The van der Waals surface area contributed by atoms with Gasteiger partial charge in [-0.05, 0) is 30.4 Å². The number of hydrogen-bond acceptors (Lipinski definition) is 3. The van der Waals surface area contributed by atoms with Crippen LogP contribution >= 0.6 is 35.4 Å². The molecule has 4 nitrogen and oxygen atoms in total. The summed E-state index contributed by atoms with van der Waals surface area (Å²) >= 11 is 17.0. The van der Waals surface area contributed by atoms with Gasteiger partial charge < -0.3 is 10.6 Å². The molecule has 1 amide bonds. The van der Waals surface area contributed by atoms with E-state index in [2.05, 4.69) is 15.6 Å². The summed E-state index contributed by atoms with van der Waals surface area (Å²) in [6, 6.07) is 2.77. The first-order chi connectivity index (χ1) is 13.2. The maximum absolute atomic E-state index is 14.4. The van der Waals surface area contributed by atoms with E-state index in [1.807, 2.05) is 0 Å². The second-order valence-electron chi connectivity index (χ2n) is 7.02. The van der Waals surface area contributed by atoms with Crippen molar-refractivity contribution in [3.63, 3.8) is 0 Å². The second kappa shape index (κ2) is 8.41. The summed E-state index contributed by atoms with van der Waals surface area (Å²) in [5.41, 5.74) is -2.06. The number of alkyl halides is 3. The SMILES string of the molecule is CC(C)(C)C(=O)NC(=S)Nc1cc(-c2ncc(C(F)(F)F)cc2Cl)c(F)cc1Cl. The first-order valence-electron chi connectivity index (χ1n) is 8.04. The van der Waals surface area contributed by atoms with Gasteiger partial charge in [0.2, 0.25) is 5.91 Å². The van der Waals surface area contributed by atoms with Gasteiger partial charge in [-0.25, -0.2) is 4.39 Å². The molecular formula is C18H15Cl2F4N3OS. The van der Waals surface area contributed by atoms with Gasteiger partial charge in [0.25, 0.3) is 0 Å². The molecule has 29 heavy (non-hydrogen) atoms. The number of halogens is 6. The van der Waals surface area contributed by atoms with Crippen LogP contribution in [0.5, 0.6) is 0 Å². The predicted molar refractivity (Wildman–Crippen MR) is 108 cm³/mol. The number of benzene rings is 1. The zero-order valence-electron chi connectivity index (χ0n) is 15.3. The Balaban J connectivity index is 2.37. The van der Waals surface area contributed by atoms with Crippen molar-refractivity contribution in [1.29, 1.82) is 0 Å². The molecule has 0 fully saturated rings. The standard InChI is InChI=1S/C18H15Cl2F4N3OS/c1-17(2,3)15(28)27-16(29)26-13-5-9(12(21)6-10(13)19)14-11(20)4-8(7-25-14)18(22,23)24/h4-7H,1-3H3,(H2,26,27,28,29). The van der Waals surface area contributed by atoms with Crippen LogP contribution in [0, 0.1) is 11.2 Å². The van der Waals surface area contributed by atoms with Gasteiger partial charge >= 0.3 is 6.18 Å². The molecule has 0 spiro atoms. The smallest absolute Gasteiger partial charge is 0.331 e. The molecule has 0 aliphatic heterocycles. The Bertz CT molecular complexity index is 975. The maximum Gasteiger partial charge on any atom is 0.417 e. The van der Waals surface area contributed by atoms with Gasteiger partial charge in [-0.2, -0.15) is 13.2 Å². The van der Waals surface area contributed by atoms with Crippen molar-refractivity contribution in [2.75, 3.05) is 5.32 Å². The van der Waals surface area contributed by atoms with E-state index in [0.717, 1.165) is 6.07 Å². The van der Waals surface area contributed by atoms with Crippen LogP contribution in [0.2, 0.25) is 10.0 Å². The number of thiocarbonyl (C=S) groups is 1. The van der Waals surface area contributed by atoms with Crippen LogP contribution in [0.4, 0.5) is 23.2 Å². The number of rotatable bonds is 2. The van der Waals surface area contributed by atoms with Crippen LogP contribution in [0.3, 0.4) is 0 Å². The van der Waals surface area contributed by atoms with Gasteiger partial charge in [-0.3, -0.25) is 9.78 Å². The normalized spacial score (nSPS) is 11.9.